The van der Waals surface area contributed by atoms with E-state index in [4.69, 9.17) is 0 Å². The quantitative estimate of drug-likeness (QED) is 0.510. The first kappa shape index (κ1) is 10.1. The van der Waals surface area contributed by atoms with Crippen molar-refractivity contribution in [3.8, 4) is 11.5 Å². The molecule has 1 aromatic heterocycles. The molecular weight excluding hydrogens is 198 g/mol. The van der Waals surface area contributed by atoms with Gasteiger partial charge < -0.3 is 4.98 Å². The highest BCUT2D eigenvalue weighted by Gasteiger charge is 2.08. The van der Waals surface area contributed by atoms with Crippen molar-refractivity contribution in [1.29, 1.82) is 0 Å². The highest BCUT2D eigenvalue weighted by atomic mass is 28.3. The minimum absolute atomic E-state index is 1.12. The summed E-state index contributed by atoms with van der Waals surface area (Å²) in [4.78, 5) is 3.24. The molecule has 0 bridgehead atoms. The molecule has 2 rings (SSSR count). The van der Waals surface area contributed by atoms with Gasteiger partial charge in [0.1, 0.15) is 8.07 Å². The summed E-state index contributed by atoms with van der Waals surface area (Å²) in [6.07, 6.45) is 2.00. The van der Waals surface area contributed by atoms with Crippen LogP contribution >= 0.6 is 0 Å². The van der Waals surface area contributed by atoms with E-state index in [1.807, 2.05) is 12.3 Å². The number of aromatic amines is 1. The number of fused-ring (bicyclic) bond motifs is 1. The van der Waals surface area contributed by atoms with Crippen molar-refractivity contribution in [2.24, 2.45) is 0 Å². The zero-order valence-corrected chi connectivity index (χ0v) is 10.4. The van der Waals surface area contributed by atoms with Crippen molar-refractivity contribution in [1.82, 2.24) is 4.98 Å². The standard InChI is InChI=1S/C13H15NSi/c1-15(2,3)9-8-11-10-14-13-7-5-4-6-12(11)13/h4-7,10,14H,1-3H3. The Bertz CT molecular complexity index is 535. The molecule has 1 nitrogen and oxygen atoms in total. The molecule has 0 amide bonds. The molecule has 15 heavy (non-hydrogen) atoms. The molecule has 0 radical (unpaired) electrons. The van der Waals surface area contributed by atoms with Crippen LogP contribution < -0.4 is 0 Å². The van der Waals surface area contributed by atoms with Gasteiger partial charge in [-0.3, -0.25) is 0 Å². The van der Waals surface area contributed by atoms with Gasteiger partial charge >= 0.3 is 0 Å². The number of H-pyrrole nitrogens is 1. The van der Waals surface area contributed by atoms with E-state index in [1.54, 1.807) is 0 Å². The Morgan fingerprint density at radius 3 is 2.60 bits per heavy atom. The van der Waals surface area contributed by atoms with Crippen molar-refractivity contribution < 1.29 is 0 Å². The maximum Gasteiger partial charge on any atom is 0.129 e. The van der Waals surface area contributed by atoms with E-state index in [0.29, 0.717) is 0 Å². The van der Waals surface area contributed by atoms with Crippen LogP contribution in [0.3, 0.4) is 0 Å². The molecule has 0 unspecified atom stereocenters. The van der Waals surface area contributed by atoms with E-state index < -0.39 is 8.07 Å². The lowest BCUT2D eigenvalue weighted by Gasteiger charge is -2.02. The molecule has 0 atom stereocenters. The molecule has 2 heteroatoms. The third-order valence-corrected chi connectivity index (χ3v) is 3.04. The molecule has 1 N–H and O–H groups in total. The fraction of sp³-hybridized carbons (Fsp3) is 0.231. The van der Waals surface area contributed by atoms with E-state index in [9.17, 15) is 0 Å². The van der Waals surface area contributed by atoms with Gasteiger partial charge in [-0.1, -0.05) is 43.8 Å². The van der Waals surface area contributed by atoms with Gasteiger partial charge in [0, 0.05) is 22.7 Å². The van der Waals surface area contributed by atoms with E-state index in [0.717, 1.165) is 11.1 Å². The molecule has 76 valence electrons. The van der Waals surface area contributed by atoms with Crippen molar-refractivity contribution in [2.45, 2.75) is 19.6 Å². The minimum Gasteiger partial charge on any atom is -0.360 e. The Balaban J connectivity index is 2.48. The molecule has 0 aliphatic heterocycles. The zero-order chi connectivity index (χ0) is 10.9. The van der Waals surface area contributed by atoms with Crippen molar-refractivity contribution >= 4 is 19.0 Å². The predicted molar refractivity (Wildman–Crippen MR) is 68.5 cm³/mol. The van der Waals surface area contributed by atoms with Gasteiger partial charge in [-0.25, -0.2) is 0 Å². The number of para-hydroxylation sites is 1. The summed E-state index contributed by atoms with van der Waals surface area (Å²) < 4.78 is 0. The van der Waals surface area contributed by atoms with E-state index in [1.165, 1.54) is 5.39 Å². The monoisotopic (exact) mass is 213 g/mol. The number of hydrogen-bond donors (Lipinski definition) is 1. The van der Waals surface area contributed by atoms with Crippen LogP contribution in [0, 0.1) is 11.5 Å². The molecule has 0 aliphatic rings. The van der Waals surface area contributed by atoms with Gasteiger partial charge in [0.05, 0.1) is 0 Å². The number of rotatable bonds is 0. The average molecular weight is 213 g/mol. The van der Waals surface area contributed by atoms with Gasteiger partial charge in [0.2, 0.25) is 0 Å². The molecule has 0 saturated carbocycles. The Kier molecular flexibility index (Phi) is 2.41. The summed E-state index contributed by atoms with van der Waals surface area (Å²) in [5.41, 5.74) is 5.67. The molecule has 1 aromatic carbocycles. The molecule has 0 fully saturated rings. The topological polar surface area (TPSA) is 15.8 Å². The SMILES string of the molecule is C[Si](C)(C)C#Cc1c[nH]c2ccccc12. The lowest BCUT2D eigenvalue weighted by atomic mass is 10.2. The van der Waals surface area contributed by atoms with Crippen molar-refractivity contribution in [3.05, 3.63) is 36.0 Å². The van der Waals surface area contributed by atoms with Gasteiger partial charge in [-0.15, -0.1) is 5.54 Å². The summed E-state index contributed by atoms with van der Waals surface area (Å²) in [5.74, 6) is 3.29. The second kappa shape index (κ2) is 3.60. The summed E-state index contributed by atoms with van der Waals surface area (Å²) in [6.45, 7) is 6.78. The Morgan fingerprint density at radius 1 is 1.13 bits per heavy atom. The van der Waals surface area contributed by atoms with Crippen LogP contribution in [0.2, 0.25) is 19.6 Å². The third kappa shape index (κ3) is 2.31. The second-order valence-corrected chi connectivity index (χ2v) is 9.50. The van der Waals surface area contributed by atoms with Gasteiger partial charge in [0.25, 0.3) is 0 Å². The molecule has 0 aliphatic carbocycles. The number of hydrogen-bond acceptors (Lipinski definition) is 0. The highest BCUT2D eigenvalue weighted by Crippen LogP contribution is 2.16. The number of benzene rings is 1. The first-order chi connectivity index (χ1) is 7.06. The first-order valence-electron chi connectivity index (χ1n) is 5.15. The third-order valence-electron chi connectivity index (χ3n) is 2.16. The Hall–Kier alpha value is -1.46. The Labute approximate surface area is 91.5 Å². The molecule has 0 saturated heterocycles. The molecule has 2 aromatic rings. The normalized spacial score (nSPS) is 11.1. The lowest BCUT2D eigenvalue weighted by molar-refractivity contribution is 1.47. The zero-order valence-electron chi connectivity index (χ0n) is 9.39. The van der Waals surface area contributed by atoms with Crippen LogP contribution in [0.15, 0.2) is 30.5 Å². The van der Waals surface area contributed by atoms with Crippen LogP contribution in [0.25, 0.3) is 10.9 Å². The van der Waals surface area contributed by atoms with Crippen LogP contribution in [-0.2, 0) is 0 Å². The van der Waals surface area contributed by atoms with Crippen molar-refractivity contribution in [2.75, 3.05) is 0 Å². The Morgan fingerprint density at radius 2 is 1.87 bits per heavy atom. The smallest absolute Gasteiger partial charge is 0.129 e. The van der Waals surface area contributed by atoms with Gasteiger partial charge in [-0.05, 0) is 6.07 Å². The summed E-state index contributed by atoms with van der Waals surface area (Å²) in [6, 6.07) is 8.28. The van der Waals surface area contributed by atoms with Crippen LogP contribution in [0.5, 0.6) is 0 Å². The maximum absolute atomic E-state index is 3.39. The van der Waals surface area contributed by atoms with Crippen LogP contribution in [-0.4, -0.2) is 13.1 Å². The van der Waals surface area contributed by atoms with Crippen LogP contribution in [0.1, 0.15) is 5.56 Å². The first-order valence-corrected chi connectivity index (χ1v) is 8.65. The summed E-state index contributed by atoms with van der Waals surface area (Å²) >= 11 is 0. The second-order valence-electron chi connectivity index (χ2n) is 4.75. The summed E-state index contributed by atoms with van der Waals surface area (Å²) in [5, 5.41) is 1.23. The van der Waals surface area contributed by atoms with E-state index in [2.05, 4.69) is 54.3 Å². The fourth-order valence-electron chi connectivity index (χ4n) is 1.43. The fourth-order valence-corrected chi connectivity index (χ4v) is 1.94. The van der Waals surface area contributed by atoms with E-state index in [-0.39, 0.29) is 0 Å². The number of nitrogens with one attached hydrogen (secondary N) is 1. The highest BCUT2D eigenvalue weighted by molar-refractivity contribution is 6.83. The maximum atomic E-state index is 3.39. The average Bonchev–Trinajstić information content (AvgIpc) is 2.57. The predicted octanol–water partition coefficient (Wildman–Crippen LogP) is 3.40. The van der Waals surface area contributed by atoms with E-state index >= 15 is 0 Å². The van der Waals surface area contributed by atoms with Crippen molar-refractivity contribution in [3.63, 3.8) is 0 Å². The lowest BCUT2D eigenvalue weighted by Crippen LogP contribution is -2.16. The van der Waals surface area contributed by atoms with Gasteiger partial charge in [0.15, 0.2) is 0 Å². The summed E-state index contributed by atoms with van der Waals surface area (Å²) in [7, 11) is -1.28. The molecule has 0 spiro atoms. The largest absolute Gasteiger partial charge is 0.360 e. The molecular formula is C13H15NSi. The molecule has 1 heterocycles. The number of aromatic nitrogens is 1. The van der Waals surface area contributed by atoms with Crippen LogP contribution in [0.4, 0.5) is 0 Å². The van der Waals surface area contributed by atoms with Gasteiger partial charge in [-0.2, -0.15) is 0 Å². The minimum atomic E-state index is -1.28.